The van der Waals surface area contributed by atoms with Crippen LogP contribution >= 0.6 is 12.2 Å². The van der Waals surface area contributed by atoms with Gasteiger partial charge in [0.1, 0.15) is 0 Å². The average molecular weight is 399 g/mol. The Hall–Kier alpha value is -3.39. The van der Waals surface area contributed by atoms with Crippen molar-refractivity contribution in [1.29, 1.82) is 0 Å². The van der Waals surface area contributed by atoms with Gasteiger partial charge in [-0.05, 0) is 41.6 Å². The van der Waals surface area contributed by atoms with Gasteiger partial charge in [-0.1, -0.05) is 36.4 Å². The molecule has 0 aromatic heterocycles. The maximum absolute atomic E-state index is 11.9. The molecule has 0 aliphatic carbocycles. The van der Waals surface area contributed by atoms with Crippen LogP contribution in [0.4, 0.5) is 0 Å². The number of hydrogen-bond donors (Lipinski definition) is 3. The minimum absolute atomic E-state index is 0.0108. The van der Waals surface area contributed by atoms with Crippen LogP contribution in [0, 0.1) is 0 Å². The molecule has 0 aliphatic heterocycles. The van der Waals surface area contributed by atoms with Gasteiger partial charge < -0.3 is 9.47 Å². The molecular formula is C20H21N3O4S. The Balaban J connectivity index is 1.79. The smallest absolute Gasteiger partial charge is 0.250 e. The molecule has 2 amide bonds. The lowest BCUT2D eigenvalue weighted by Crippen LogP contribution is -2.48. The van der Waals surface area contributed by atoms with Gasteiger partial charge in [-0.3, -0.25) is 25.8 Å². The highest BCUT2D eigenvalue weighted by Crippen LogP contribution is 2.27. The lowest BCUT2D eigenvalue weighted by Gasteiger charge is -2.10. The van der Waals surface area contributed by atoms with Crippen LogP contribution in [0.15, 0.2) is 54.6 Å². The van der Waals surface area contributed by atoms with E-state index in [1.54, 1.807) is 31.4 Å². The molecule has 146 valence electrons. The minimum Gasteiger partial charge on any atom is -0.493 e. The van der Waals surface area contributed by atoms with Crippen molar-refractivity contribution in [1.82, 2.24) is 16.2 Å². The van der Waals surface area contributed by atoms with Crippen molar-refractivity contribution in [3.63, 3.8) is 0 Å². The zero-order chi connectivity index (χ0) is 20.4. The van der Waals surface area contributed by atoms with Crippen molar-refractivity contribution < 1.29 is 19.1 Å². The number of carbonyl (C=O) groups is 2. The summed E-state index contributed by atoms with van der Waals surface area (Å²) in [5.41, 5.74) is 6.56. The molecule has 0 heterocycles. The molecule has 0 saturated heterocycles. The molecule has 0 atom stereocenters. The lowest BCUT2D eigenvalue weighted by atomic mass is 10.1. The van der Waals surface area contributed by atoms with Gasteiger partial charge in [-0.25, -0.2) is 0 Å². The fourth-order valence-electron chi connectivity index (χ4n) is 2.27. The molecule has 3 N–H and O–H groups in total. The predicted molar refractivity (Wildman–Crippen MR) is 111 cm³/mol. The van der Waals surface area contributed by atoms with Gasteiger partial charge in [0.2, 0.25) is 11.8 Å². The summed E-state index contributed by atoms with van der Waals surface area (Å²) < 4.78 is 10.4. The van der Waals surface area contributed by atoms with E-state index in [9.17, 15) is 9.59 Å². The highest BCUT2D eigenvalue weighted by atomic mass is 32.1. The second-order valence-corrected chi connectivity index (χ2v) is 6.01. The third-order valence-corrected chi connectivity index (χ3v) is 3.80. The Labute approximate surface area is 168 Å². The van der Waals surface area contributed by atoms with Crippen molar-refractivity contribution in [3.05, 3.63) is 65.7 Å². The fourth-order valence-corrected chi connectivity index (χ4v) is 2.42. The quantitative estimate of drug-likeness (QED) is 0.391. The summed E-state index contributed by atoms with van der Waals surface area (Å²) in [4.78, 5) is 23.8. The van der Waals surface area contributed by atoms with Gasteiger partial charge in [0.25, 0.3) is 0 Å². The van der Waals surface area contributed by atoms with E-state index in [1.807, 2.05) is 30.3 Å². The van der Waals surface area contributed by atoms with Gasteiger partial charge in [0.15, 0.2) is 16.6 Å². The first kappa shape index (κ1) is 20.9. The van der Waals surface area contributed by atoms with Crippen LogP contribution in [0.2, 0.25) is 0 Å². The van der Waals surface area contributed by atoms with E-state index in [4.69, 9.17) is 21.7 Å². The maximum atomic E-state index is 11.9. The summed E-state index contributed by atoms with van der Waals surface area (Å²) in [6.45, 7) is 0. The van der Waals surface area contributed by atoms with E-state index in [-0.39, 0.29) is 17.4 Å². The summed E-state index contributed by atoms with van der Waals surface area (Å²) in [6.07, 6.45) is 3.12. The van der Waals surface area contributed by atoms with Crippen LogP contribution in [0.5, 0.6) is 11.5 Å². The number of rotatable bonds is 6. The fraction of sp³-hybridized carbons (Fsp3) is 0.150. The van der Waals surface area contributed by atoms with E-state index in [0.29, 0.717) is 11.5 Å². The van der Waals surface area contributed by atoms with Crippen molar-refractivity contribution in [2.24, 2.45) is 0 Å². The molecule has 0 saturated carbocycles. The van der Waals surface area contributed by atoms with Crippen LogP contribution < -0.4 is 25.6 Å². The first-order valence-electron chi connectivity index (χ1n) is 8.35. The highest BCUT2D eigenvalue weighted by molar-refractivity contribution is 7.80. The molecule has 28 heavy (non-hydrogen) atoms. The molecule has 0 bridgehead atoms. The van der Waals surface area contributed by atoms with E-state index in [1.165, 1.54) is 13.2 Å². The van der Waals surface area contributed by atoms with E-state index >= 15 is 0 Å². The van der Waals surface area contributed by atoms with Crippen LogP contribution in [0.1, 0.15) is 11.1 Å². The van der Waals surface area contributed by atoms with Gasteiger partial charge in [-0.2, -0.15) is 0 Å². The van der Waals surface area contributed by atoms with Crippen molar-refractivity contribution in [2.45, 2.75) is 6.42 Å². The monoisotopic (exact) mass is 399 g/mol. The number of ether oxygens (including phenoxy) is 2. The number of benzene rings is 2. The average Bonchev–Trinajstić information content (AvgIpc) is 2.71. The molecule has 0 unspecified atom stereocenters. The molecule has 7 nitrogen and oxygen atoms in total. The van der Waals surface area contributed by atoms with Crippen molar-refractivity contribution in [2.75, 3.05) is 14.2 Å². The zero-order valence-corrected chi connectivity index (χ0v) is 16.3. The van der Waals surface area contributed by atoms with E-state index in [2.05, 4.69) is 16.2 Å². The summed E-state index contributed by atoms with van der Waals surface area (Å²) in [6, 6.07) is 14.5. The molecule has 0 radical (unpaired) electrons. The number of hydrogen-bond acceptors (Lipinski definition) is 5. The third-order valence-electron chi connectivity index (χ3n) is 3.59. The van der Waals surface area contributed by atoms with Crippen LogP contribution in [0.3, 0.4) is 0 Å². The number of thiocarbonyl (C=S) groups is 1. The van der Waals surface area contributed by atoms with Crippen LogP contribution in [-0.2, 0) is 16.0 Å². The van der Waals surface area contributed by atoms with Crippen molar-refractivity contribution in [3.8, 4) is 11.5 Å². The Morgan fingerprint density at radius 3 is 2.39 bits per heavy atom. The van der Waals surface area contributed by atoms with Gasteiger partial charge >= 0.3 is 0 Å². The van der Waals surface area contributed by atoms with Crippen LogP contribution in [0.25, 0.3) is 6.08 Å². The highest BCUT2D eigenvalue weighted by Gasteiger charge is 2.06. The Morgan fingerprint density at radius 1 is 1.00 bits per heavy atom. The molecule has 0 fully saturated rings. The first-order chi connectivity index (χ1) is 13.5. The molecule has 0 aliphatic rings. The summed E-state index contributed by atoms with van der Waals surface area (Å²) >= 11 is 4.99. The maximum Gasteiger partial charge on any atom is 0.250 e. The molecule has 2 aromatic rings. The Kier molecular flexibility index (Phi) is 7.98. The Bertz CT molecular complexity index is 869. The van der Waals surface area contributed by atoms with Crippen molar-refractivity contribution >= 4 is 35.2 Å². The zero-order valence-electron chi connectivity index (χ0n) is 15.5. The molecule has 2 aromatic carbocycles. The number of hydrazine groups is 1. The lowest BCUT2D eigenvalue weighted by molar-refractivity contribution is -0.121. The summed E-state index contributed by atoms with van der Waals surface area (Å²) in [7, 11) is 3.08. The van der Waals surface area contributed by atoms with Gasteiger partial charge in [-0.15, -0.1) is 0 Å². The van der Waals surface area contributed by atoms with Gasteiger partial charge in [0.05, 0.1) is 20.6 Å². The standard InChI is InChI=1S/C20H21N3O4S/c1-26-16-10-8-15(12-17(16)27-2)9-11-18(24)21-20(28)23-22-19(25)13-14-6-4-3-5-7-14/h3-12H,13H2,1-2H3,(H,22,25)(H2,21,23,24,28). The number of amides is 2. The molecule has 2 rings (SSSR count). The second-order valence-electron chi connectivity index (χ2n) is 5.60. The van der Waals surface area contributed by atoms with Gasteiger partial charge in [0, 0.05) is 6.08 Å². The first-order valence-corrected chi connectivity index (χ1v) is 8.76. The SMILES string of the molecule is COc1ccc(C=CC(=O)NC(=S)NNC(=O)Cc2ccccc2)cc1OC. The predicted octanol–water partition coefficient (Wildman–Crippen LogP) is 1.98. The topological polar surface area (TPSA) is 88.7 Å². The largest absolute Gasteiger partial charge is 0.493 e. The number of methoxy groups -OCH3 is 2. The van der Waals surface area contributed by atoms with E-state index in [0.717, 1.165) is 11.1 Å². The third kappa shape index (κ3) is 6.73. The summed E-state index contributed by atoms with van der Waals surface area (Å²) in [5.74, 6) is 0.442. The molecule has 8 heteroatoms. The molecular weight excluding hydrogens is 378 g/mol. The van der Waals surface area contributed by atoms with E-state index < -0.39 is 5.91 Å². The summed E-state index contributed by atoms with van der Waals surface area (Å²) in [5, 5.41) is 2.43. The number of nitrogens with one attached hydrogen (secondary N) is 3. The second kappa shape index (κ2) is 10.7. The minimum atomic E-state index is -0.440. The number of carbonyl (C=O) groups excluding carboxylic acids is 2. The normalized spacial score (nSPS) is 10.2. The van der Waals surface area contributed by atoms with Crippen LogP contribution in [-0.4, -0.2) is 31.1 Å². The molecule has 0 spiro atoms. The Morgan fingerprint density at radius 2 is 1.71 bits per heavy atom.